The van der Waals surface area contributed by atoms with Crippen LogP contribution in [-0.2, 0) is 0 Å². The Morgan fingerprint density at radius 2 is 2.05 bits per heavy atom. The first-order valence-corrected chi connectivity index (χ1v) is 7.07. The van der Waals surface area contributed by atoms with E-state index < -0.39 is 11.4 Å². The molecule has 1 fully saturated rings. The average Bonchev–Trinajstić information content (AvgIpc) is 2.90. The van der Waals surface area contributed by atoms with Crippen molar-refractivity contribution < 1.29 is 15.1 Å². The Balaban J connectivity index is 2.27. The van der Waals surface area contributed by atoms with Crippen molar-refractivity contribution in [2.45, 2.75) is 31.2 Å². The molecule has 0 heterocycles. The molecule has 1 aromatic carbocycles. The number of benzene rings is 1. The molecular weight excluding hydrogens is 326 g/mol. The standard InChI is InChI=1S/C13H16BrN3O3/c14-8-3-4-10(18)9(7-8)11(19)16-13(12(15)17-20)5-1-2-6-13/h3-4,7,18,20H,1-2,5-6H2,(H2,15,17)(H,16,19). The van der Waals surface area contributed by atoms with Crippen molar-refractivity contribution in [1.82, 2.24) is 5.32 Å². The highest BCUT2D eigenvalue weighted by atomic mass is 79.9. The molecule has 6 nitrogen and oxygen atoms in total. The Morgan fingerprint density at radius 3 is 2.65 bits per heavy atom. The number of rotatable bonds is 3. The lowest BCUT2D eigenvalue weighted by molar-refractivity contribution is 0.0920. The summed E-state index contributed by atoms with van der Waals surface area (Å²) in [5, 5.41) is 24.5. The zero-order valence-electron chi connectivity index (χ0n) is 10.8. The van der Waals surface area contributed by atoms with E-state index in [1.165, 1.54) is 12.1 Å². The van der Waals surface area contributed by atoms with Gasteiger partial charge in [-0.05, 0) is 31.0 Å². The van der Waals surface area contributed by atoms with E-state index in [4.69, 9.17) is 10.9 Å². The lowest BCUT2D eigenvalue weighted by Gasteiger charge is -2.28. The van der Waals surface area contributed by atoms with Crippen molar-refractivity contribution in [3.8, 4) is 5.75 Å². The first-order valence-electron chi connectivity index (χ1n) is 6.27. The molecule has 0 radical (unpaired) electrons. The van der Waals surface area contributed by atoms with E-state index in [0.29, 0.717) is 17.3 Å². The van der Waals surface area contributed by atoms with Crippen LogP contribution < -0.4 is 11.1 Å². The van der Waals surface area contributed by atoms with Gasteiger partial charge in [0.1, 0.15) is 11.3 Å². The number of nitrogens with one attached hydrogen (secondary N) is 1. The fourth-order valence-corrected chi connectivity index (χ4v) is 2.86. The van der Waals surface area contributed by atoms with E-state index >= 15 is 0 Å². The molecule has 0 aromatic heterocycles. The van der Waals surface area contributed by atoms with Crippen LogP contribution in [0.15, 0.2) is 27.8 Å². The summed E-state index contributed by atoms with van der Waals surface area (Å²) in [5.41, 5.74) is 5.04. The van der Waals surface area contributed by atoms with Gasteiger partial charge in [0.05, 0.1) is 5.56 Å². The van der Waals surface area contributed by atoms with Gasteiger partial charge in [-0.25, -0.2) is 0 Å². The zero-order valence-corrected chi connectivity index (χ0v) is 12.4. The second-order valence-electron chi connectivity index (χ2n) is 4.89. The molecular formula is C13H16BrN3O3. The number of aromatic hydroxyl groups is 1. The second-order valence-corrected chi connectivity index (χ2v) is 5.81. The number of oxime groups is 1. The van der Waals surface area contributed by atoms with Crippen LogP contribution in [0.1, 0.15) is 36.0 Å². The van der Waals surface area contributed by atoms with Crippen LogP contribution in [0.2, 0.25) is 0 Å². The Hall–Kier alpha value is -1.76. The lowest BCUT2D eigenvalue weighted by Crippen LogP contribution is -2.55. The van der Waals surface area contributed by atoms with Crippen LogP contribution in [0, 0.1) is 0 Å². The van der Waals surface area contributed by atoms with Crippen LogP contribution in [0.5, 0.6) is 5.75 Å². The normalized spacial score (nSPS) is 17.9. The van der Waals surface area contributed by atoms with Crippen LogP contribution in [0.3, 0.4) is 0 Å². The van der Waals surface area contributed by atoms with Crippen LogP contribution in [-0.4, -0.2) is 27.6 Å². The predicted molar refractivity (Wildman–Crippen MR) is 77.9 cm³/mol. The minimum absolute atomic E-state index is 0.00200. The third kappa shape index (κ3) is 2.72. The van der Waals surface area contributed by atoms with Gasteiger partial charge in [-0.15, -0.1) is 0 Å². The number of phenolic OH excluding ortho intramolecular Hbond substituents is 1. The SMILES string of the molecule is N/C(=N/O)C1(NC(=O)c2cc(Br)ccc2O)CCCC1. The Labute approximate surface area is 124 Å². The van der Waals surface area contributed by atoms with Gasteiger partial charge < -0.3 is 21.4 Å². The maximum absolute atomic E-state index is 12.3. The summed E-state index contributed by atoms with van der Waals surface area (Å²) >= 11 is 3.25. The molecule has 20 heavy (non-hydrogen) atoms. The van der Waals surface area contributed by atoms with Crippen LogP contribution >= 0.6 is 15.9 Å². The fourth-order valence-electron chi connectivity index (χ4n) is 2.49. The van der Waals surface area contributed by atoms with E-state index in [1.54, 1.807) is 6.07 Å². The smallest absolute Gasteiger partial charge is 0.255 e. The summed E-state index contributed by atoms with van der Waals surface area (Å²) in [6.07, 6.45) is 3.01. The molecule has 0 aliphatic heterocycles. The average molecular weight is 342 g/mol. The van der Waals surface area contributed by atoms with Gasteiger partial charge in [0.2, 0.25) is 0 Å². The number of nitrogens with zero attached hydrogens (tertiary/aromatic N) is 1. The third-order valence-electron chi connectivity index (χ3n) is 3.61. The molecule has 0 unspecified atom stereocenters. The first-order chi connectivity index (χ1) is 9.48. The molecule has 0 spiro atoms. The van der Waals surface area contributed by atoms with E-state index in [2.05, 4.69) is 26.4 Å². The van der Waals surface area contributed by atoms with Crippen molar-refractivity contribution >= 4 is 27.7 Å². The fraction of sp³-hybridized carbons (Fsp3) is 0.385. The van der Waals surface area contributed by atoms with Gasteiger partial charge in [-0.2, -0.15) is 0 Å². The number of halogens is 1. The quantitative estimate of drug-likeness (QED) is 0.291. The number of carbonyl (C=O) groups excluding carboxylic acids is 1. The van der Waals surface area contributed by atoms with E-state index in [1.807, 2.05) is 0 Å². The summed E-state index contributed by atoms with van der Waals surface area (Å²) < 4.78 is 0.685. The van der Waals surface area contributed by atoms with Gasteiger partial charge >= 0.3 is 0 Å². The lowest BCUT2D eigenvalue weighted by atomic mass is 9.95. The van der Waals surface area contributed by atoms with Crippen molar-refractivity contribution in [2.24, 2.45) is 10.9 Å². The van der Waals surface area contributed by atoms with E-state index in [-0.39, 0.29) is 17.1 Å². The van der Waals surface area contributed by atoms with Gasteiger partial charge in [-0.1, -0.05) is 33.9 Å². The molecule has 5 N–H and O–H groups in total. The van der Waals surface area contributed by atoms with Crippen LogP contribution in [0.4, 0.5) is 0 Å². The second kappa shape index (κ2) is 5.70. The summed E-state index contributed by atoms with van der Waals surface area (Å²) in [4.78, 5) is 12.3. The summed E-state index contributed by atoms with van der Waals surface area (Å²) in [5.74, 6) is -0.562. The molecule has 0 saturated heterocycles. The van der Waals surface area contributed by atoms with Crippen molar-refractivity contribution in [2.75, 3.05) is 0 Å². The number of amides is 1. The van der Waals surface area contributed by atoms with Gasteiger partial charge in [0.15, 0.2) is 5.84 Å². The summed E-state index contributed by atoms with van der Waals surface area (Å²) in [7, 11) is 0. The molecule has 108 valence electrons. The number of amidine groups is 1. The minimum atomic E-state index is -0.833. The Bertz CT molecular complexity index is 554. The maximum Gasteiger partial charge on any atom is 0.255 e. The van der Waals surface area contributed by atoms with E-state index in [0.717, 1.165) is 12.8 Å². The van der Waals surface area contributed by atoms with Gasteiger partial charge in [0, 0.05) is 4.47 Å². The highest BCUT2D eigenvalue weighted by Gasteiger charge is 2.40. The Kier molecular flexibility index (Phi) is 4.17. The molecule has 0 bridgehead atoms. The molecule has 1 aromatic rings. The maximum atomic E-state index is 12.3. The third-order valence-corrected chi connectivity index (χ3v) is 4.10. The molecule has 0 atom stereocenters. The number of carbonyl (C=O) groups is 1. The highest BCUT2D eigenvalue weighted by Crippen LogP contribution is 2.31. The first kappa shape index (κ1) is 14.6. The monoisotopic (exact) mass is 341 g/mol. The topological polar surface area (TPSA) is 108 Å². The van der Waals surface area contributed by atoms with Gasteiger partial charge in [0.25, 0.3) is 5.91 Å². The van der Waals surface area contributed by atoms with Crippen molar-refractivity contribution in [3.05, 3.63) is 28.2 Å². The summed E-state index contributed by atoms with van der Waals surface area (Å²) in [6.45, 7) is 0. The zero-order chi connectivity index (χ0) is 14.8. The highest BCUT2D eigenvalue weighted by molar-refractivity contribution is 9.10. The minimum Gasteiger partial charge on any atom is -0.507 e. The molecule has 1 amide bonds. The number of phenols is 1. The number of hydrogen-bond donors (Lipinski definition) is 4. The Morgan fingerprint density at radius 1 is 1.40 bits per heavy atom. The molecule has 1 aliphatic rings. The molecule has 7 heteroatoms. The molecule has 1 saturated carbocycles. The molecule has 1 aliphatic carbocycles. The largest absolute Gasteiger partial charge is 0.507 e. The van der Waals surface area contributed by atoms with E-state index in [9.17, 15) is 9.90 Å². The summed E-state index contributed by atoms with van der Waals surface area (Å²) in [6, 6.07) is 4.60. The van der Waals surface area contributed by atoms with Gasteiger partial charge in [-0.3, -0.25) is 4.79 Å². The van der Waals surface area contributed by atoms with Crippen molar-refractivity contribution in [3.63, 3.8) is 0 Å². The number of hydrogen-bond acceptors (Lipinski definition) is 4. The number of nitrogens with two attached hydrogens (primary N) is 1. The van der Waals surface area contributed by atoms with Crippen LogP contribution in [0.25, 0.3) is 0 Å². The molecule has 2 rings (SSSR count). The predicted octanol–water partition coefficient (Wildman–Crippen LogP) is 1.94. The van der Waals surface area contributed by atoms with Crippen molar-refractivity contribution in [1.29, 1.82) is 0 Å².